The van der Waals surface area contributed by atoms with Crippen LogP contribution in [0.4, 0.5) is 0 Å². The second kappa shape index (κ2) is 6.07. The zero-order valence-corrected chi connectivity index (χ0v) is 9.70. The van der Waals surface area contributed by atoms with Gasteiger partial charge in [0.15, 0.2) is 0 Å². The molecule has 0 radical (unpaired) electrons. The first-order valence-corrected chi connectivity index (χ1v) is 5.88. The van der Waals surface area contributed by atoms with Gasteiger partial charge in [0.25, 0.3) is 0 Å². The van der Waals surface area contributed by atoms with Gasteiger partial charge in [-0.2, -0.15) is 0 Å². The smallest absolute Gasteiger partial charge is 0.220 e. The molecule has 0 spiro atoms. The maximum atomic E-state index is 11.0. The number of hydrogen-bond acceptors (Lipinski definition) is 2. The topological polar surface area (TPSA) is 41.1 Å². The molecular weight excluding hydrogens is 212 g/mol. The summed E-state index contributed by atoms with van der Waals surface area (Å²) in [6.07, 6.45) is 1.58. The van der Waals surface area contributed by atoms with Crippen LogP contribution in [0.15, 0.2) is 30.3 Å². The fourth-order valence-corrected chi connectivity index (χ4v) is 1.81. The molecule has 3 nitrogen and oxygen atoms in total. The lowest BCUT2D eigenvalue weighted by Crippen LogP contribution is -2.35. The Hall–Kier alpha value is -1.79. The molecule has 1 aliphatic heterocycles. The molecule has 0 aliphatic carbocycles. The Kier molecular flexibility index (Phi) is 4.17. The first-order valence-electron chi connectivity index (χ1n) is 5.88. The molecule has 2 rings (SSSR count). The van der Waals surface area contributed by atoms with Gasteiger partial charge in [0.2, 0.25) is 5.91 Å². The monoisotopic (exact) mass is 228 g/mol. The highest BCUT2D eigenvalue weighted by molar-refractivity contribution is 5.78. The van der Waals surface area contributed by atoms with E-state index >= 15 is 0 Å². The first kappa shape index (κ1) is 11.7. The summed E-state index contributed by atoms with van der Waals surface area (Å²) in [5.41, 5.74) is 1.03. The lowest BCUT2D eigenvalue weighted by atomic mass is 10.2. The summed E-state index contributed by atoms with van der Waals surface area (Å²) < 4.78 is 0. The third-order valence-corrected chi connectivity index (χ3v) is 2.70. The molecule has 17 heavy (non-hydrogen) atoms. The van der Waals surface area contributed by atoms with Crippen molar-refractivity contribution in [2.24, 2.45) is 0 Å². The van der Waals surface area contributed by atoms with Crippen molar-refractivity contribution >= 4 is 5.91 Å². The minimum absolute atomic E-state index is 0.159. The van der Waals surface area contributed by atoms with Gasteiger partial charge in [-0.05, 0) is 18.6 Å². The third kappa shape index (κ3) is 3.93. The Labute approximate surface area is 102 Å². The fourth-order valence-electron chi connectivity index (χ4n) is 1.81. The average Bonchev–Trinajstić information content (AvgIpc) is 2.76. The molecule has 1 aromatic rings. The minimum Gasteiger partial charge on any atom is -0.352 e. The molecule has 1 aliphatic rings. The highest BCUT2D eigenvalue weighted by atomic mass is 16.1. The van der Waals surface area contributed by atoms with Gasteiger partial charge >= 0.3 is 0 Å². The molecule has 1 atom stereocenters. The van der Waals surface area contributed by atoms with Crippen LogP contribution in [-0.2, 0) is 4.79 Å². The van der Waals surface area contributed by atoms with E-state index in [9.17, 15) is 4.79 Å². The molecule has 2 N–H and O–H groups in total. The van der Waals surface area contributed by atoms with Crippen LogP contribution >= 0.6 is 0 Å². The quantitative estimate of drug-likeness (QED) is 0.596. The van der Waals surface area contributed by atoms with Crippen LogP contribution in [0, 0.1) is 11.8 Å². The Morgan fingerprint density at radius 1 is 1.35 bits per heavy atom. The van der Waals surface area contributed by atoms with Gasteiger partial charge in [-0.1, -0.05) is 30.0 Å². The molecule has 1 amide bonds. The second-order valence-corrected chi connectivity index (χ2v) is 4.10. The standard InChI is InChI=1S/C14H16N2O/c17-14-9-8-13(16-14)11-15-10-4-7-12-5-2-1-3-6-12/h1-3,5-6,13,15H,8-11H2,(H,16,17). The molecule has 0 bridgehead atoms. The molecule has 1 saturated heterocycles. The van der Waals surface area contributed by atoms with Crippen LogP contribution in [-0.4, -0.2) is 25.0 Å². The summed E-state index contributed by atoms with van der Waals surface area (Å²) in [5, 5.41) is 6.14. The van der Waals surface area contributed by atoms with Crippen LogP contribution in [0.3, 0.4) is 0 Å². The number of benzene rings is 1. The highest BCUT2D eigenvalue weighted by Crippen LogP contribution is 2.04. The molecule has 88 valence electrons. The molecule has 0 saturated carbocycles. The van der Waals surface area contributed by atoms with Crippen molar-refractivity contribution in [1.82, 2.24) is 10.6 Å². The van der Waals surface area contributed by atoms with E-state index in [-0.39, 0.29) is 11.9 Å². The van der Waals surface area contributed by atoms with E-state index in [4.69, 9.17) is 0 Å². The van der Waals surface area contributed by atoms with E-state index in [0.29, 0.717) is 13.0 Å². The van der Waals surface area contributed by atoms with E-state index in [0.717, 1.165) is 18.5 Å². The van der Waals surface area contributed by atoms with Gasteiger partial charge < -0.3 is 10.6 Å². The largest absolute Gasteiger partial charge is 0.352 e. The van der Waals surface area contributed by atoms with Crippen molar-refractivity contribution in [3.8, 4) is 11.8 Å². The molecule has 1 aromatic carbocycles. The van der Waals surface area contributed by atoms with Gasteiger partial charge in [-0.3, -0.25) is 4.79 Å². The van der Waals surface area contributed by atoms with Crippen LogP contribution in [0.2, 0.25) is 0 Å². The Morgan fingerprint density at radius 3 is 2.88 bits per heavy atom. The molecule has 1 fully saturated rings. The summed E-state index contributed by atoms with van der Waals surface area (Å²) >= 11 is 0. The van der Waals surface area contributed by atoms with Crippen molar-refractivity contribution in [2.45, 2.75) is 18.9 Å². The van der Waals surface area contributed by atoms with E-state index in [1.807, 2.05) is 30.3 Å². The van der Waals surface area contributed by atoms with Crippen molar-refractivity contribution in [3.05, 3.63) is 35.9 Å². The molecule has 3 heteroatoms. The highest BCUT2D eigenvalue weighted by Gasteiger charge is 2.19. The van der Waals surface area contributed by atoms with E-state index < -0.39 is 0 Å². The molecule has 1 heterocycles. The SMILES string of the molecule is O=C1CCC(CNCC#Cc2ccccc2)N1. The summed E-state index contributed by atoms with van der Waals surface area (Å²) in [6.45, 7) is 1.45. The van der Waals surface area contributed by atoms with Crippen molar-refractivity contribution < 1.29 is 4.79 Å². The zero-order chi connectivity index (χ0) is 11.9. The third-order valence-electron chi connectivity index (χ3n) is 2.70. The Balaban J connectivity index is 1.67. The minimum atomic E-state index is 0.159. The Morgan fingerprint density at radius 2 is 2.18 bits per heavy atom. The summed E-state index contributed by atoms with van der Waals surface area (Å²) in [4.78, 5) is 11.0. The van der Waals surface area contributed by atoms with Gasteiger partial charge in [0, 0.05) is 24.6 Å². The molecule has 1 unspecified atom stereocenters. The van der Waals surface area contributed by atoms with E-state index in [2.05, 4.69) is 22.5 Å². The normalized spacial score (nSPS) is 18.4. The molecular formula is C14H16N2O. The average molecular weight is 228 g/mol. The van der Waals surface area contributed by atoms with Gasteiger partial charge in [-0.25, -0.2) is 0 Å². The van der Waals surface area contributed by atoms with Crippen LogP contribution in [0.5, 0.6) is 0 Å². The number of amides is 1. The predicted molar refractivity (Wildman–Crippen MR) is 67.4 cm³/mol. The Bertz CT molecular complexity index is 431. The van der Waals surface area contributed by atoms with Crippen molar-refractivity contribution in [1.29, 1.82) is 0 Å². The lowest BCUT2D eigenvalue weighted by molar-refractivity contribution is -0.119. The van der Waals surface area contributed by atoms with E-state index in [1.165, 1.54) is 0 Å². The van der Waals surface area contributed by atoms with E-state index in [1.54, 1.807) is 0 Å². The summed E-state index contributed by atoms with van der Waals surface area (Å²) in [6, 6.07) is 10.2. The molecule has 0 aromatic heterocycles. The summed E-state index contributed by atoms with van der Waals surface area (Å²) in [7, 11) is 0. The van der Waals surface area contributed by atoms with Crippen molar-refractivity contribution in [3.63, 3.8) is 0 Å². The second-order valence-electron chi connectivity index (χ2n) is 4.10. The van der Waals surface area contributed by atoms with Gasteiger partial charge in [0.05, 0.1) is 6.54 Å². The lowest BCUT2D eigenvalue weighted by Gasteiger charge is -2.08. The maximum Gasteiger partial charge on any atom is 0.220 e. The number of nitrogens with one attached hydrogen (secondary N) is 2. The predicted octanol–water partition coefficient (Wildman–Crippen LogP) is 0.906. The fraction of sp³-hybridized carbons (Fsp3) is 0.357. The number of carbonyl (C=O) groups is 1. The number of carbonyl (C=O) groups excluding carboxylic acids is 1. The first-order chi connectivity index (χ1) is 8.34. The van der Waals surface area contributed by atoms with Crippen LogP contribution in [0.1, 0.15) is 18.4 Å². The van der Waals surface area contributed by atoms with Gasteiger partial charge in [-0.15, -0.1) is 0 Å². The van der Waals surface area contributed by atoms with Crippen molar-refractivity contribution in [2.75, 3.05) is 13.1 Å². The maximum absolute atomic E-state index is 11.0. The van der Waals surface area contributed by atoms with Crippen LogP contribution in [0.25, 0.3) is 0 Å². The van der Waals surface area contributed by atoms with Crippen LogP contribution < -0.4 is 10.6 Å². The van der Waals surface area contributed by atoms with Gasteiger partial charge in [0.1, 0.15) is 0 Å². The zero-order valence-electron chi connectivity index (χ0n) is 9.70. The number of hydrogen-bond donors (Lipinski definition) is 2. The summed E-state index contributed by atoms with van der Waals surface area (Å²) in [5.74, 6) is 6.30. The number of rotatable bonds is 3.